The highest BCUT2D eigenvalue weighted by molar-refractivity contribution is 5.77. The summed E-state index contributed by atoms with van der Waals surface area (Å²) in [5.74, 6) is 0.190. The molecule has 0 saturated heterocycles. The number of rotatable bonds is 9. The van der Waals surface area contributed by atoms with E-state index >= 15 is 0 Å². The van der Waals surface area contributed by atoms with E-state index in [0.717, 1.165) is 17.7 Å². The van der Waals surface area contributed by atoms with Gasteiger partial charge in [0.1, 0.15) is 12.4 Å². The molecule has 0 aliphatic rings. The van der Waals surface area contributed by atoms with Crippen molar-refractivity contribution in [2.45, 2.75) is 6.42 Å². The van der Waals surface area contributed by atoms with Gasteiger partial charge in [0.05, 0.1) is 20.8 Å². The van der Waals surface area contributed by atoms with Crippen LogP contribution < -0.4 is 25.3 Å². The zero-order valence-corrected chi connectivity index (χ0v) is 15.3. The summed E-state index contributed by atoms with van der Waals surface area (Å²) in [6.45, 7) is 0.985. The second-order valence-electron chi connectivity index (χ2n) is 5.56. The molecule has 8 heteroatoms. The van der Waals surface area contributed by atoms with Gasteiger partial charge in [0.15, 0.2) is 29.0 Å². The van der Waals surface area contributed by atoms with Gasteiger partial charge in [0.25, 0.3) is 0 Å². The molecular formula is C19H23F2N3O3. The van der Waals surface area contributed by atoms with Crippen LogP contribution in [0.5, 0.6) is 17.2 Å². The van der Waals surface area contributed by atoms with Gasteiger partial charge in [0.2, 0.25) is 0 Å². The van der Waals surface area contributed by atoms with Crippen molar-refractivity contribution in [1.29, 1.82) is 0 Å². The van der Waals surface area contributed by atoms with E-state index in [1.165, 1.54) is 6.07 Å². The maximum absolute atomic E-state index is 13.4. The molecule has 0 aliphatic heterocycles. The molecule has 0 aromatic heterocycles. The van der Waals surface area contributed by atoms with Crippen LogP contribution in [-0.2, 0) is 6.42 Å². The number of hydrogen-bond acceptors (Lipinski definition) is 4. The molecule has 27 heavy (non-hydrogen) atoms. The van der Waals surface area contributed by atoms with Crippen LogP contribution in [0.4, 0.5) is 8.78 Å². The Balaban J connectivity index is 1.73. The topological polar surface area (TPSA) is 78.1 Å². The number of methoxy groups -OCH3 is 2. The van der Waals surface area contributed by atoms with Crippen molar-refractivity contribution in [3.8, 4) is 17.2 Å². The van der Waals surface area contributed by atoms with E-state index in [2.05, 4.69) is 10.3 Å². The van der Waals surface area contributed by atoms with E-state index in [-0.39, 0.29) is 18.3 Å². The number of halogens is 2. The second kappa shape index (κ2) is 10.2. The molecule has 2 rings (SSSR count). The second-order valence-corrected chi connectivity index (χ2v) is 5.56. The molecule has 0 atom stereocenters. The van der Waals surface area contributed by atoms with Gasteiger partial charge in [0, 0.05) is 12.6 Å². The third kappa shape index (κ3) is 6.32. The number of nitrogens with zero attached hydrogens (tertiary/aromatic N) is 1. The maximum Gasteiger partial charge on any atom is 0.188 e. The summed E-state index contributed by atoms with van der Waals surface area (Å²) < 4.78 is 41.9. The third-order valence-corrected chi connectivity index (χ3v) is 3.69. The number of benzene rings is 2. The number of ether oxygens (including phenoxy) is 3. The minimum atomic E-state index is -0.744. The number of hydrogen-bond donors (Lipinski definition) is 2. The van der Waals surface area contributed by atoms with E-state index in [0.29, 0.717) is 31.0 Å². The molecule has 0 unspecified atom stereocenters. The van der Waals surface area contributed by atoms with Gasteiger partial charge >= 0.3 is 0 Å². The third-order valence-electron chi connectivity index (χ3n) is 3.69. The van der Waals surface area contributed by atoms with E-state index in [1.807, 2.05) is 18.2 Å². The van der Waals surface area contributed by atoms with E-state index in [9.17, 15) is 8.78 Å². The van der Waals surface area contributed by atoms with Crippen LogP contribution in [0.1, 0.15) is 5.56 Å². The Labute approximate surface area is 156 Å². The molecule has 0 bridgehead atoms. The summed E-state index contributed by atoms with van der Waals surface area (Å²) in [6.07, 6.45) is 0.681. The Kier molecular flexibility index (Phi) is 7.66. The molecule has 0 amide bonds. The molecule has 0 heterocycles. The summed E-state index contributed by atoms with van der Waals surface area (Å²) in [5, 5.41) is 2.87. The SMILES string of the molecule is COc1ccc(CCN=C(N)NCCOc2ccc(F)cc2F)cc1OC. The first-order chi connectivity index (χ1) is 13.0. The summed E-state index contributed by atoms with van der Waals surface area (Å²) in [6, 6.07) is 8.81. The maximum atomic E-state index is 13.4. The molecular weight excluding hydrogens is 356 g/mol. The Hall–Kier alpha value is -3.03. The highest BCUT2D eigenvalue weighted by Gasteiger charge is 2.05. The van der Waals surface area contributed by atoms with Crippen molar-refractivity contribution in [3.63, 3.8) is 0 Å². The lowest BCUT2D eigenvalue weighted by Crippen LogP contribution is -2.35. The molecule has 2 aromatic rings. The lowest BCUT2D eigenvalue weighted by molar-refractivity contribution is 0.305. The fourth-order valence-corrected chi connectivity index (χ4v) is 2.33. The lowest BCUT2D eigenvalue weighted by Gasteiger charge is -2.10. The predicted octanol–water partition coefficient (Wildman–Crippen LogP) is 2.51. The van der Waals surface area contributed by atoms with E-state index < -0.39 is 11.6 Å². The number of nitrogens with two attached hydrogens (primary N) is 1. The fraction of sp³-hybridized carbons (Fsp3) is 0.316. The zero-order chi connectivity index (χ0) is 19.6. The van der Waals surface area contributed by atoms with Crippen LogP contribution in [0.3, 0.4) is 0 Å². The molecule has 3 N–H and O–H groups in total. The molecule has 146 valence electrons. The minimum Gasteiger partial charge on any atom is -0.493 e. The first-order valence-corrected chi connectivity index (χ1v) is 8.36. The molecule has 0 aliphatic carbocycles. The smallest absolute Gasteiger partial charge is 0.188 e. The average Bonchev–Trinajstić information content (AvgIpc) is 2.66. The Morgan fingerprint density at radius 1 is 1.04 bits per heavy atom. The van der Waals surface area contributed by atoms with Gasteiger partial charge in [-0.05, 0) is 36.2 Å². The molecule has 0 radical (unpaired) electrons. The number of nitrogens with one attached hydrogen (secondary N) is 1. The van der Waals surface area contributed by atoms with Gasteiger partial charge in [-0.1, -0.05) is 6.07 Å². The Morgan fingerprint density at radius 3 is 2.48 bits per heavy atom. The standard InChI is InChI=1S/C19H23F2N3O3/c1-25-17-5-3-13(11-18(17)26-2)7-8-23-19(22)24-9-10-27-16-6-4-14(20)12-15(16)21/h3-6,11-12H,7-10H2,1-2H3,(H3,22,23,24). The monoisotopic (exact) mass is 379 g/mol. The fourth-order valence-electron chi connectivity index (χ4n) is 2.33. The predicted molar refractivity (Wildman–Crippen MR) is 99.6 cm³/mol. The van der Waals surface area contributed by atoms with Gasteiger partial charge in [-0.25, -0.2) is 8.78 Å². The Bertz CT molecular complexity index is 785. The summed E-state index contributed by atoms with van der Waals surface area (Å²) in [5.41, 5.74) is 6.82. The van der Waals surface area contributed by atoms with Crippen LogP contribution in [0.25, 0.3) is 0 Å². The lowest BCUT2D eigenvalue weighted by atomic mass is 10.1. The van der Waals surface area contributed by atoms with Crippen molar-refractivity contribution >= 4 is 5.96 Å². The van der Waals surface area contributed by atoms with Crippen LogP contribution >= 0.6 is 0 Å². The van der Waals surface area contributed by atoms with Crippen LogP contribution in [0.2, 0.25) is 0 Å². The van der Waals surface area contributed by atoms with Crippen molar-refractivity contribution in [1.82, 2.24) is 5.32 Å². The normalized spacial score (nSPS) is 11.2. The zero-order valence-electron chi connectivity index (χ0n) is 15.3. The molecule has 0 saturated carbocycles. The van der Waals surface area contributed by atoms with E-state index in [4.69, 9.17) is 19.9 Å². The van der Waals surface area contributed by atoms with Crippen molar-refractivity contribution < 1.29 is 23.0 Å². The van der Waals surface area contributed by atoms with Gasteiger partial charge in [-0.3, -0.25) is 4.99 Å². The summed E-state index contributed by atoms with van der Waals surface area (Å²) in [7, 11) is 3.17. The van der Waals surface area contributed by atoms with Crippen LogP contribution in [0.15, 0.2) is 41.4 Å². The van der Waals surface area contributed by atoms with Gasteiger partial charge in [-0.15, -0.1) is 0 Å². The first kappa shape index (κ1) is 20.3. The Morgan fingerprint density at radius 2 is 1.78 bits per heavy atom. The quantitative estimate of drug-likeness (QED) is 0.398. The summed E-state index contributed by atoms with van der Waals surface area (Å²) >= 11 is 0. The molecule has 6 nitrogen and oxygen atoms in total. The average molecular weight is 379 g/mol. The molecule has 0 spiro atoms. The molecule has 0 fully saturated rings. The van der Waals surface area contributed by atoms with Gasteiger partial charge in [-0.2, -0.15) is 0 Å². The van der Waals surface area contributed by atoms with Gasteiger partial charge < -0.3 is 25.3 Å². The largest absolute Gasteiger partial charge is 0.493 e. The number of aliphatic imine (C=N–C) groups is 1. The highest BCUT2D eigenvalue weighted by Crippen LogP contribution is 2.27. The van der Waals surface area contributed by atoms with Crippen LogP contribution in [0, 0.1) is 11.6 Å². The van der Waals surface area contributed by atoms with Crippen molar-refractivity contribution in [3.05, 3.63) is 53.6 Å². The highest BCUT2D eigenvalue weighted by atomic mass is 19.1. The van der Waals surface area contributed by atoms with Crippen molar-refractivity contribution in [2.24, 2.45) is 10.7 Å². The first-order valence-electron chi connectivity index (χ1n) is 8.36. The van der Waals surface area contributed by atoms with Crippen LogP contribution in [-0.4, -0.2) is 39.9 Å². The molecule has 2 aromatic carbocycles. The number of guanidine groups is 1. The van der Waals surface area contributed by atoms with E-state index in [1.54, 1.807) is 14.2 Å². The summed E-state index contributed by atoms with van der Waals surface area (Å²) in [4.78, 5) is 4.22. The minimum absolute atomic E-state index is 0.0119. The van der Waals surface area contributed by atoms with Crippen molar-refractivity contribution in [2.75, 3.05) is 33.9 Å².